The fourth-order valence-electron chi connectivity index (χ4n) is 2.79. The Balaban J connectivity index is 2.06. The molecule has 0 aliphatic heterocycles. The van der Waals surface area contributed by atoms with E-state index in [1.54, 1.807) is 35.1 Å². The monoisotopic (exact) mass is 349 g/mol. The molecule has 0 saturated carbocycles. The van der Waals surface area contributed by atoms with Crippen molar-refractivity contribution in [2.24, 2.45) is 5.92 Å². The number of pyridine rings is 2. The summed E-state index contributed by atoms with van der Waals surface area (Å²) in [6.45, 7) is 6.83. The highest BCUT2D eigenvalue weighted by Gasteiger charge is 2.20. The SMILES string of the molecule is Cc1ccc(-c2cc(C(=O)N(C)CC(C)C)nn2-c2cccnc2)nc1. The van der Waals surface area contributed by atoms with Crippen molar-refractivity contribution in [1.29, 1.82) is 0 Å². The van der Waals surface area contributed by atoms with Crippen LogP contribution in [0, 0.1) is 12.8 Å². The van der Waals surface area contributed by atoms with Gasteiger partial charge in [-0.1, -0.05) is 19.9 Å². The number of carbonyl (C=O) groups excluding carboxylic acids is 1. The van der Waals surface area contributed by atoms with Crippen LogP contribution >= 0.6 is 0 Å². The molecule has 0 atom stereocenters. The summed E-state index contributed by atoms with van der Waals surface area (Å²) in [6.07, 6.45) is 5.23. The van der Waals surface area contributed by atoms with E-state index in [0.29, 0.717) is 18.2 Å². The molecule has 0 saturated heterocycles. The molecule has 0 unspecified atom stereocenters. The molecule has 134 valence electrons. The van der Waals surface area contributed by atoms with Gasteiger partial charge in [0.25, 0.3) is 5.91 Å². The van der Waals surface area contributed by atoms with Crippen molar-refractivity contribution >= 4 is 5.91 Å². The Morgan fingerprint density at radius 3 is 2.65 bits per heavy atom. The van der Waals surface area contributed by atoms with Crippen LogP contribution in [0.15, 0.2) is 48.9 Å². The summed E-state index contributed by atoms with van der Waals surface area (Å²) in [5.74, 6) is 0.289. The van der Waals surface area contributed by atoms with Crippen LogP contribution in [0.3, 0.4) is 0 Å². The summed E-state index contributed by atoms with van der Waals surface area (Å²) >= 11 is 0. The van der Waals surface area contributed by atoms with Crippen molar-refractivity contribution in [2.75, 3.05) is 13.6 Å². The van der Waals surface area contributed by atoms with Crippen LogP contribution in [-0.4, -0.2) is 44.1 Å². The lowest BCUT2D eigenvalue weighted by molar-refractivity contribution is 0.0773. The lowest BCUT2D eigenvalue weighted by Gasteiger charge is -2.17. The first kappa shape index (κ1) is 17.8. The third kappa shape index (κ3) is 3.79. The predicted octanol–water partition coefficient (Wildman–Crippen LogP) is 3.37. The summed E-state index contributed by atoms with van der Waals surface area (Å²) in [5.41, 5.74) is 3.79. The zero-order valence-electron chi connectivity index (χ0n) is 15.5. The van der Waals surface area contributed by atoms with Gasteiger partial charge in [-0.3, -0.25) is 14.8 Å². The Bertz CT molecular complexity index is 884. The summed E-state index contributed by atoms with van der Waals surface area (Å²) in [7, 11) is 1.80. The Hall–Kier alpha value is -3.02. The average Bonchev–Trinajstić information content (AvgIpc) is 3.07. The third-order valence-corrected chi connectivity index (χ3v) is 3.98. The Kier molecular flexibility index (Phi) is 5.11. The van der Waals surface area contributed by atoms with Crippen molar-refractivity contribution in [2.45, 2.75) is 20.8 Å². The summed E-state index contributed by atoms with van der Waals surface area (Å²) < 4.78 is 1.72. The first-order valence-electron chi connectivity index (χ1n) is 8.64. The number of carbonyl (C=O) groups is 1. The minimum Gasteiger partial charge on any atom is -0.340 e. The van der Waals surface area contributed by atoms with E-state index in [0.717, 1.165) is 22.6 Å². The molecule has 0 aliphatic rings. The number of aromatic nitrogens is 4. The van der Waals surface area contributed by atoms with E-state index >= 15 is 0 Å². The maximum atomic E-state index is 12.8. The smallest absolute Gasteiger partial charge is 0.274 e. The second-order valence-corrected chi connectivity index (χ2v) is 6.84. The summed E-state index contributed by atoms with van der Waals surface area (Å²) in [6, 6.07) is 9.48. The molecule has 6 nitrogen and oxygen atoms in total. The molecule has 6 heteroatoms. The van der Waals surface area contributed by atoms with Gasteiger partial charge in [-0.15, -0.1) is 0 Å². The van der Waals surface area contributed by atoms with Crippen molar-refractivity contribution in [3.63, 3.8) is 0 Å². The molecular weight excluding hydrogens is 326 g/mol. The number of hydrogen-bond donors (Lipinski definition) is 0. The molecule has 1 amide bonds. The summed E-state index contributed by atoms with van der Waals surface area (Å²) in [4.78, 5) is 23.1. The van der Waals surface area contributed by atoms with Crippen LogP contribution in [0.4, 0.5) is 0 Å². The molecule has 0 bridgehead atoms. The van der Waals surface area contributed by atoms with E-state index < -0.39 is 0 Å². The fraction of sp³-hybridized carbons (Fsp3) is 0.300. The standard InChI is InChI=1S/C20H23N5O/c1-14(2)13-24(4)20(26)18-10-19(17-8-7-15(3)11-22-17)25(23-18)16-6-5-9-21-12-16/h5-12,14H,13H2,1-4H3. The largest absolute Gasteiger partial charge is 0.340 e. The third-order valence-electron chi connectivity index (χ3n) is 3.98. The Labute approximate surface area is 153 Å². The van der Waals surface area contributed by atoms with Gasteiger partial charge in [-0.2, -0.15) is 5.10 Å². The van der Waals surface area contributed by atoms with E-state index in [1.165, 1.54) is 0 Å². The van der Waals surface area contributed by atoms with Crippen LogP contribution in [0.5, 0.6) is 0 Å². The summed E-state index contributed by atoms with van der Waals surface area (Å²) in [5, 5.41) is 4.55. The molecule has 0 N–H and O–H groups in total. The maximum absolute atomic E-state index is 12.8. The molecule has 0 aromatic carbocycles. The normalized spacial score (nSPS) is 11.0. The number of aryl methyl sites for hydroxylation is 1. The van der Waals surface area contributed by atoms with Crippen molar-refractivity contribution in [3.8, 4) is 17.1 Å². The Morgan fingerprint density at radius 2 is 2.04 bits per heavy atom. The highest BCUT2D eigenvalue weighted by Crippen LogP contribution is 2.23. The Morgan fingerprint density at radius 1 is 1.23 bits per heavy atom. The van der Waals surface area contributed by atoms with Crippen LogP contribution in [-0.2, 0) is 0 Å². The fourth-order valence-corrected chi connectivity index (χ4v) is 2.79. The van der Waals surface area contributed by atoms with Crippen LogP contribution in [0.1, 0.15) is 29.9 Å². The van der Waals surface area contributed by atoms with Gasteiger partial charge in [0.15, 0.2) is 5.69 Å². The van der Waals surface area contributed by atoms with Crippen LogP contribution < -0.4 is 0 Å². The van der Waals surface area contributed by atoms with Gasteiger partial charge in [0.05, 0.1) is 23.3 Å². The van der Waals surface area contributed by atoms with Gasteiger partial charge in [-0.05, 0) is 42.7 Å². The predicted molar refractivity (Wildman–Crippen MR) is 101 cm³/mol. The van der Waals surface area contributed by atoms with E-state index in [2.05, 4.69) is 28.9 Å². The molecule has 0 radical (unpaired) electrons. The zero-order chi connectivity index (χ0) is 18.7. The minimum atomic E-state index is -0.102. The molecular formula is C20H23N5O. The van der Waals surface area contributed by atoms with Gasteiger partial charge >= 0.3 is 0 Å². The van der Waals surface area contributed by atoms with Crippen LogP contribution in [0.2, 0.25) is 0 Å². The number of rotatable bonds is 5. The first-order valence-corrected chi connectivity index (χ1v) is 8.64. The average molecular weight is 349 g/mol. The number of amides is 1. The molecule has 3 aromatic rings. The topological polar surface area (TPSA) is 63.9 Å². The minimum absolute atomic E-state index is 0.102. The molecule has 0 fully saturated rings. The quantitative estimate of drug-likeness (QED) is 0.708. The second kappa shape index (κ2) is 7.47. The van der Waals surface area contributed by atoms with Crippen molar-refractivity contribution < 1.29 is 4.79 Å². The highest BCUT2D eigenvalue weighted by atomic mass is 16.2. The molecule has 26 heavy (non-hydrogen) atoms. The zero-order valence-corrected chi connectivity index (χ0v) is 15.5. The number of nitrogens with zero attached hydrogens (tertiary/aromatic N) is 5. The van der Waals surface area contributed by atoms with Crippen molar-refractivity contribution in [3.05, 3.63) is 60.2 Å². The first-order chi connectivity index (χ1) is 12.5. The van der Waals surface area contributed by atoms with E-state index in [-0.39, 0.29) is 5.91 Å². The lowest BCUT2D eigenvalue weighted by Crippen LogP contribution is -2.30. The van der Waals surface area contributed by atoms with E-state index in [1.807, 2.05) is 37.4 Å². The van der Waals surface area contributed by atoms with Gasteiger partial charge in [0.1, 0.15) is 0 Å². The van der Waals surface area contributed by atoms with Gasteiger partial charge in [0.2, 0.25) is 0 Å². The molecule has 3 rings (SSSR count). The van der Waals surface area contributed by atoms with Crippen molar-refractivity contribution in [1.82, 2.24) is 24.6 Å². The van der Waals surface area contributed by atoms with Crippen LogP contribution in [0.25, 0.3) is 17.1 Å². The maximum Gasteiger partial charge on any atom is 0.274 e. The van der Waals surface area contributed by atoms with Gasteiger partial charge in [-0.25, -0.2) is 4.68 Å². The van der Waals surface area contributed by atoms with Gasteiger partial charge < -0.3 is 4.90 Å². The molecule has 0 aliphatic carbocycles. The van der Waals surface area contributed by atoms with Gasteiger partial charge in [0, 0.05) is 26.0 Å². The lowest BCUT2D eigenvalue weighted by atomic mass is 10.2. The molecule has 3 aromatic heterocycles. The highest BCUT2D eigenvalue weighted by molar-refractivity contribution is 5.93. The van der Waals surface area contributed by atoms with E-state index in [4.69, 9.17) is 0 Å². The molecule has 3 heterocycles. The van der Waals surface area contributed by atoms with E-state index in [9.17, 15) is 4.79 Å². The second-order valence-electron chi connectivity index (χ2n) is 6.84. The molecule has 0 spiro atoms. The number of hydrogen-bond acceptors (Lipinski definition) is 4.